The van der Waals surface area contributed by atoms with Gasteiger partial charge in [0.25, 0.3) is 0 Å². The number of halogens is 1. The average Bonchev–Trinajstić information content (AvgIpc) is 0.798. The Morgan fingerprint density at radius 2 is 1.46 bits per heavy atom. The van der Waals surface area contributed by atoms with Crippen LogP contribution in [0.2, 0.25) is 0 Å². The van der Waals surface area contributed by atoms with E-state index in [1.807, 2.05) is 67.6 Å². The van der Waals surface area contributed by atoms with Crippen molar-refractivity contribution < 1.29 is 116 Å². The normalized spacial score (nSPS) is 29.6. The van der Waals surface area contributed by atoms with Crippen LogP contribution in [0.4, 0.5) is 20.1 Å². The van der Waals surface area contributed by atoms with Gasteiger partial charge in [-0.15, -0.1) is 0 Å². The number of Topliss-reactive ketones (excluding diaryl/α,β-unsaturated/α-hetero) is 1. The number of rotatable bonds is 26. The minimum Gasteiger partial charge on any atom is -0.492 e. The molecule has 4 aromatic carbocycles. The highest BCUT2D eigenvalue weighted by molar-refractivity contribution is 14.1. The van der Waals surface area contributed by atoms with Crippen LogP contribution in [-0.4, -0.2) is 241 Å². The molecule has 0 radical (unpaired) electrons. The lowest BCUT2D eigenvalue weighted by Crippen LogP contribution is -2.65. The Kier molecular flexibility index (Phi) is 30.0. The van der Waals surface area contributed by atoms with Gasteiger partial charge in [-0.3, -0.25) is 19.7 Å². The molecule has 4 aromatic rings. The van der Waals surface area contributed by atoms with Crippen LogP contribution >= 0.6 is 55.9 Å². The molecule has 4 amide bonds. The first-order valence-corrected chi connectivity index (χ1v) is 41.5. The summed E-state index contributed by atoms with van der Waals surface area (Å²) in [5.74, 6) is 11.1. The number of alkyl carbamates (subject to hydrolysis) is 2. The number of hydrogen-bond acceptors (Lipinski definition) is 28. The lowest BCUT2D eigenvalue weighted by molar-refractivity contribution is -0.337. The Bertz CT molecular complexity index is 4320. The first-order chi connectivity index (χ1) is 54.5. The number of likely N-dealkylation sites (N-methyl/N-ethyl adjacent to an activating group) is 1. The van der Waals surface area contributed by atoms with E-state index in [4.69, 9.17) is 66.4 Å². The van der Waals surface area contributed by atoms with Crippen LogP contribution in [0.25, 0.3) is 11.1 Å². The standard InChI is InChI=1S/C81H98IN5O24S3/c1-14-87(77(94)84-46-30-28-45(29-31-46)38-83-78(95)104-39-51-49-25-20-18-23-47(49)48-24-19-21-26-50(48)51)53-40-103-58(36-57(53)98-9)109-71-66(91)63(42(3)106-76(71)108-56-27-17-15-16-22-33-81(97)37-55(89)64(85-79(96)102-13)61(56)52(81)32-34-112-114-80(6,7)8)86-111-59-35-54(88)73(44(5)105-59)113-74(93)60-41(2)62(82)69(72(101-12)68(60)99-10)110-75-67(92)70(100-11)65(90)43(4)107-75/h15-16,18-21,23-26,28-32,42-44,51,53-54,56-59,63,65-67,70-71,73,75-76,86,88,90-92,97H,14,34-40H2,1-13H3,(H,83,95)(H,84,94)(H,85,96)/b16-15?,52-32+/t42-,43+,44-,53+,54+,56+,57+,58+,59+,63-,65+,66+,67-,70-,71-,73-,75+,76+,81+/m1/s1. The van der Waals surface area contributed by atoms with Gasteiger partial charge in [-0.1, -0.05) is 145 Å². The molecule has 19 atom stereocenters. The van der Waals surface area contributed by atoms with Crippen molar-refractivity contribution in [3.63, 3.8) is 0 Å². The number of ketones is 1. The fraction of sp³-hybridized carbons (Fsp3) is 0.519. The van der Waals surface area contributed by atoms with Gasteiger partial charge in [-0.2, -0.15) is 5.48 Å². The number of carbonyl (C=O) groups is 5. The number of allylic oxidation sites excluding steroid dienone is 3. The Morgan fingerprint density at radius 1 is 0.772 bits per heavy atom. The second-order valence-corrected chi connectivity index (χ2v) is 34.4. The van der Waals surface area contributed by atoms with Crippen LogP contribution in [0.5, 0.6) is 17.2 Å². The van der Waals surface area contributed by atoms with Crippen molar-refractivity contribution in [2.75, 3.05) is 66.4 Å². The molecule has 0 saturated carbocycles. The van der Waals surface area contributed by atoms with Crippen molar-refractivity contribution in [1.82, 2.24) is 21.0 Å². The third-order valence-corrected chi connectivity index (χ3v) is 26.3. The summed E-state index contributed by atoms with van der Waals surface area (Å²) >= 11 is 2.79. The summed E-state index contributed by atoms with van der Waals surface area (Å²) in [5, 5.41) is 66.2. The number of nitrogens with zero attached hydrogens (tertiary/aromatic N) is 1. The van der Waals surface area contributed by atoms with Gasteiger partial charge in [0.05, 0.1) is 97.0 Å². The Balaban J connectivity index is 0.797. The summed E-state index contributed by atoms with van der Waals surface area (Å²) in [6.07, 6.45) is -16.4. The number of aliphatic hydroxyl groups is 5. The zero-order chi connectivity index (χ0) is 82.0. The van der Waals surface area contributed by atoms with E-state index in [1.165, 1.54) is 51.4 Å². The molecule has 0 unspecified atom stereocenters. The molecule has 33 heteroatoms. The number of aliphatic hydroxyl groups excluding tert-OH is 4. The zero-order valence-electron chi connectivity index (χ0n) is 65.3. The summed E-state index contributed by atoms with van der Waals surface area (Å²) < 4.78 is 79.5. The topological polar surface area (TPSA) is 367 Å². The molecule has 616 valence electrons. The Morgan fingerprint density at radius 3 is 2.11 bits per heavy atom. The molecule has 2 bridgehead atoms. The van der Waals surface area contributed by atoms with E-state index < -0.39 is 151 Å². The summed E-state index contributed by atoms with van der Waals surface area (Å²) in [7, 11) is 9.70. The van der Waals surface area contributed by atoms with E-state index in [9.17, 15) is 49.5 Å². The van der Waals surface area contributed by atoms with Gasteiger partial charge in [-0.05, 0) is 115 Å². The van der Waals surface area contributed by atoms with Crippen molar-refractivity contribution in [1.29, 1.82) is 0 Å². The number of benzene rings is 4. The van der Waals surface area contributed by atoms with Crippen molar-refractivity contribution in [3.05, 3.63) is 139 Å². The molecule has 3 aliphatic carbocycles. The van der Waals surface area contributed by atoms with Crippen LogP contribution in [-0.2, 0) is 63.5 Å². The number of urea groups is 1. The van der Waals surface area contributed by atoms with Crippen molar-refractivity contribution in [2.24, 2.45) is 0 Å². The molecule has 0 aromatic heterocycles. The van der Waals surface area contributed by atoms with Crippen molar-refractivity contribution >= 4 is 90.7 Å². The van der Waals surface area contributed by atoms with Crippen LogP contribution < -0.4 is 35.6 Å². The maximum Gasteiger partial charge on any atom is 0.411 e. The number of fused-ring (bicyclic) bond motifs is 5. The van der Waals surface area contributed by atoms with Gasteiger partial charge in [0.2, 0.25) is 17.2 Å². The number of hydrogen-bond donors (Lipinski definition) is 9. The average molecular weight is 1750 g/mol. The maximum atomic E-state index is 14.6. The lowest BCUT2D eigenvalue weighted by atomic mass is 9.75. The molecule has 114 heavy (non-hydrogen) atoms. The van der Waals surface area contributed by atoms with E-state index in [0.29, 0.717) is 14.8 Å². The number of ether oxygens (including phenoxy) is 13. The largest absolute Gasteiger partial charge is 0.492 e. The van der Waals surface area contributed by atoms with Gasteiger partial charge in [-0.25, -0.2) is 14.4 Å². The lowest BCUT2D eigenvalue weighted by Gasteiger charge is -2.47. The first-order valence-electron chi connectivity index (χ1n) is 37.2. The molecule has 9 N–H and O–H groups in total. The smallest absolute Gasteiger partial charge is 0.411 e. The van der Waals surface area contributed by atoms with Crippen LogP contribution in [0, 0.1) is 34.2 Å². The van der Waals surface area contributed by atoms with Crippen LogP contribution in [0.1, 0.15) is 106 Å². The van der Waals surface area contributed by atoms with Crippen molar-refractivity contribution in [3.8, 4) is 52.1 Å². The number of hydroxylamine groups is 1. The number of amides is 4. The molecule has 4 fully saturated rings. The van der Waals surface area contributed by atoms with Crippen LogP contribution in [0.3, 0.4) is 0 Å². The van der Waals surface area contributed by atoms with Gasteiger partial charge >= 0.3 is 18.2 Å². The highest BCUT2D eigenvalue weighted by atomic mass is 127. The molecular formula is C81H98IN5O24S3. The molecule has 0 spiro atoms. The van der Waals surface area contributed by atoms with E-state index in [2.05, 4.69) is 69.4 Å². The first kappa shape index (κ1) is 87.8. The molecule has 4 aliphatic heterocycles. The highest BCUT2D eigenvalue weighted by Gasteiger charge is 2.53. The van der Waals surface area contributed by atoms with Gasteiger partial charge in [0.15, 0.2) is 41.8 Å². The van der Waals surface area contributed by atoms with Crippen molar-refractivity contribution in [2.45, 2.75) is 207 Å². The Hall–Kier alpha value is -7.05. The predicted molar refractivity (Wildman–Crippen MR) is 432 cm³/mol. The predicted octanol–water partition coefficient (Wildman–Crippen LogP) is 8.70. The fourth-order valence-electron chi connectivity index (χ4n) is 14.7. The Labute approximate surface area is 688 Å². The van der Waals surface area contributed by atoms with Gasteiger partial charge in [0, 0.05) is 73.4 Å². The van der Waals surface area contributed by atoms with E-state index >= 15 is 0 Å². The highest BCUT2D eigenvalue weighted by Crippen LogP contribution is 2.50. The molecular weight excluding hydrogens is 1650 g/mol. The number of carbonyl (C=O) groups excluding carboxylic acids is 5. The summed E-state index contributed by atoms with van der Waals surface area (Å²) in [6.45, 7) is 14.9. The van der Waals surface area contributed by atoms with Crippen LogP contribution in [0.15, 0.2) is 108 Å². The molecule has 4 heterocycles. The van der Waals surface area contributed by atoms with E-state index in [1.54, 1.807) is 80.7 Å². The van der Waals surface area contributed by atoms with Gasteiger partial charge < -0.3 is 103 Å². The third kappa shape index (κ3) is 20.0. The molecule has 7 aliphatic rings. The minimum absolute atomic E-state index is 0.000357. The monoisotopic (exact) mass is 1750 g/mol. The van der Waals surface area contributed by atoms with Gasteiger partial charge in [0.1, 0.15) is 43.2 Å². The third-order valence-electron chi connectivity index (χ3n) is 20.5. The second kappa shape index (κ2) is 39.0. The molecule has 29 nitrogen and oxygen atoms in total. The fourth-order valence-corrected chi connectivity index (χ4v) is 18.6. The summed E-state index contributed by atoms with van der Waals surface area (Å²) in [4.78, 5) is 77.5. The SMILES string of the molecule is CCN(C(=O)Nc1ccc(CNC(=O)OCC2c3ccccc3-c3ccccc32)cc1)[C@H]1CO[C@@H](O[C@H]2[C@H](O[C@H]3C#CC=CC#C[C@]4(O)CC(=O)C(NC(=O)OC)=C3/C4=C\CSSC(C)(C)C)O[C@H](C)[C@@H](NO[C@H]3C[C@H](O)[C@H](SC(=O)c4c(C)c(I)c(O[C@@H]5O[C@@H](C)[C@H](O)[C@@H](OC)[C@H]5O)c(OC)c4OC)[C@@H](C)O3)[C@@H]2O)C[C@@H]1OC. The number of thioether (sulfide) groups is 1. The quantitative estimate of drug-likeness (QED) is 0.00932. The van der Waals surface area contributed by atoms with E-state index in [0.717, 1.165) is 46.7 Å². The number of anilines is 1. The molecule has 11 rings (SSSR count). The van der Waals surface area contributed by atoms with E-state index in [-0.39, 0.29) is 95.2 Å². The molecule has 4 saturated heterocycles. The second-order valence-electron chi connectivity index (χ2n) is 29.0. The number of nitrogens with one attached hydrogen (secondary N) is 4. The minimum atomic E-state index is -2.14. The summed E-state index contributed by atoms with van der Waals surface area (Å²) in [6, 6.07) is 20.8. The zero-order valence-corrected chi connectivity index (χ0v) is 69.9. The summed E-state index contributed by atoms with van der Waals surface area (Å²) in [5.41, 5.74) is 6.68. The maximum absolute atomic E-state index is 14.6. The number of methoxy groups -OCH3 is 5.